The van der Waals surface area contributed by atoms with Gasteiger partial charge in [-0.25, -0.2) is 4.79 Å². The summed E-state index contributed by atoms with van der Waals surface area (Å²) in [5.41, 5.74) is 10.9. The van der Waals surface area contributed by atoms with Gasteiger partial charge in [-0.1, -0.05) is 37.6 Å². The fraction of sp³-hybridized carbons (Fsp3) is 0.379. The maximum Gasteiger partial charge on any atom is 0.340 e. The molecule has 2 aromatic rings. The highest BCUT2D eigenvalue weighted by Crippen LogP contribution is 2.49. The van der Waals surface area contributed by atoms with Crippen molar-refractivity contribution in [3.05, 3.63) is 86.5 Å². The van der Waals surface area contributed by atoms with Crippen molar-refractivity contribution in [2.45, 2.75) is 64.0 Å². The van der Waals surface area contributed by atoms with Gasteiger partial charge in [-0.2, -0.15) is 0 Å². The summed E-state index contributed by atoms with van der Waals surface area (Å²) in [6.07, 6.45) is 0.956. The average Bonchev–Trinajstić information content (AvgIpc) is 2.78. The first kappa shape index (κ1) is 26.4. The highest BCUT2D eigenvalue weighted by molar-refractivity contribution is 7.98. The summed E-state index contributed by atoms with van der Waals surface area (Å²) in [5, 5.41) is 0.702. The number of hydrogen-bond donors (Lipinski definition) is 1. The van der Waals surface area contributed by atoms with E-state index in [2.05, 4.69) is 19.1 Å². The standard InChI is InChI=1S/C29H32ClNO4S/c1-6-34-28(33)26-24(25-22(32)13-29(4,5)14-23(25)35-27(26)31)21-12-18(16(2)11-17(21)3)15-36-20-9-7-19(30)8-10-20/h7-12,24H,6,13-15,31H2,1-5H3. The predicted octanol–water partition coefficient (Wildman–Crippen LogP) is 6.74. The fourth-order valence-electron chi connectivity index (χ4n) is 4.98. The van der Waals surface area contributed by atoms with Crippen molar-refractivity contribution in [2.24, 2.45) is 11.1 Å². The molecule has 1 heterocycles. The molecule has 190 valence electrons. The summed E-state index contributed by atoms with van der Waals surface area (Å²) in [6.45, 7) is 10.1. The number of ketones is 1. The third-order valence-electron chi connectivity index (χ3n) is 6.69. The molecule has 0 amide bonds. The first-order valence-electron chi connectivity index (χ1n) is 12.1. The molecule has 0 radical (unpaired) electrons. The minimum atomic E-state index is -0.628. The second-order valence-corrected chi connectivity index (χ2v) is 11.7. The molecule has 2 aromatic carbocycles. The van der Waals surface area contributed by atoms with E-state index in [9.17, 15) is 9.59 Å². The van der Waals surface area contributed by atoms with E-state index in [4.69, 9.17) is 26.8 Å². The molecule has 0 saturated heterocycles. The number of hydrogen-bond acceptors (Lipinski definition) is 6. The van der Waals surface area contributed by atoms with Crippen LogP contribution < -0.4 is 5.73 Å². The highest BCUT2D eigenvalue weighted by atomic mass is 35.5. The van der Waals surface area contributed by atoms with Crippen LogP contribution >= 0.6 is 23.4 Å². The van der Waals surface area contributed by atoms with Crippen LogP contribution in [-0.4, -0.2) is 18.4 Å². The van der Waals surface area contributed by atoms with Crippen molar-refractivity contribution in [1.82, 2.24) is 0 Å². The minimum Gasteiger partial charge on any atom is -0.462 e. The second kappa shape index (κ2) is 10.3. The summed E-state index contributed by atoms with van der Waals surface area (Å²) >= 11 is 7.74. The van der Waals surface area contributed by atoms with Gasteiger partial charge in [0.1, 0.15) is 11.3 Å². The first-order chi connectivity index (χ1) is 17.0. The van der Waals surface area contributed by atoms with Crippen LogP contribution in [0.15, 0.2) is 64.1 Å². The van der Waals surface area contributed by atoms with Crippen LogP contribution in [0.5, 0.6) is 0 Å². The summed E-state index contributed by atoms with van der Waals surface area (Å²) in [7, 11) is 0. The third kappa shape index (κ3) is 5.35. The molecular weight excluding hydrogens is 494 g/mol. The van der Waals surface area contributed by atoms with Gasteiger partial charge in [0.2, 0.25) is 5.88 Å². The summed E-state index contributed by atoms with van der Waals surface area (Å²) in [4.78, 5) is 27.7. The van der Waals surface area contributed by atoms with Gasteiger partial charge < -0.3 is 15.2 Å². The van der Waals surface area contributed by atoms with Gasteiger partial charge in [-0.15, -0.1) is 11.8 Å². The number of ether oxygens (including phenoxy) is 2. The summed E-state index contributed by atoms with van der Waals surface area (Å²) in [6, 6.07) is 12.0. The Kier molecular flexibility index (Phi) is 7.58. The maximum atomic E-state index is 13.5. The Morgan fingerprint density at radius 1 is 1.17 bits per heavy atom. The van der Waals surface area contributed by atoms with Crippen molar-refractivity contribution >= 4 is 35.1 Å². The molecule has 0 aromatic heterocycles. The SMILES string of the molecule is CCOC(=O)C1=C(N)OC2=C(C(=O)CC(C)(C)C2)C1c1cc(CSc2ccc(Cl)cc2)c(C)cc1C. The van der Waals surface area contributed by atoms with Gasteiger partial charge in [0.15, 0.2) is 5.78 Å². The van der Waals surface area contributed by atoms with Crippen LogP contribution in [0.4, 0.5) is 0 Å². The van der Waals surface area contributed by atoms with E-state index in [1.807, 2.05) is 45.0 Å². The monoisotopic (exact) mass is 525 g/mol. The largest absolute Gasteiger partial charge is 0.462 e. The molecule has 1 unspecified atom stereocenters. The number of carbonyl (C=O) groups excluding carboxylic acids is 2. The molecule has 0 spiro atoms. The van der Waals surface area contributed by atoms with Crippen LogP contribution in [-0.2, 0) is 24.8 Å². The number of thioether (sulfide) groups is 1. The molecule has 1 aliphatic carbocycles. The molecule has 1 aliphatic heterocycles. The van der Waals surface area contributed by atoms with Gasteiger partial charge in [-0.05, 0) is 72.7 Å². The second-order valence-electron chi connectivity index (χ2n) is 10.2. The van der Waals surface area contributed by atoms with E-state index in [0.29, 0.717) is 29.2 Å². The van der Waals surface area contributed by atoms with Crippen molar-refractivity contribution in [1.29, 1.82) is 0 Å². The molecule has 2 aliphatic rings. The molecule has 0 bridgehead atoms. The topological polar surface area (TPSA) is 78.6 Å². The van der Waals surface area contributed by atoms with Crippen molar-refractivity contribution in [3.63, 3.8) is 0 Å². The van der Waals surface area contributed by atoms with Crippen molar-refractivity contribution in [3.8, 4) is 0 Å². The third-order valence-corrected chi connectivity index (χ3v) is 8.01. The zero-order valence-electron chi connectivity index (χ0n) is 21.4. The number of allylic oxidation sites excluding steroid dienone is 2. The number of benzene rings is 2. The Labute approximate surface area is 222 Å². The van der Waals surface area contributed by atoms with Gasteiger partial charge in [0.25, 0.3) is 0 Å². The molecule has 36 heavy (non-hydrogen) atoms. The van der Waals surface area contributed by atoms with Crippen molar-refractivity contribution in [2.75, 3.05) is 6.61 Å². The van der Waals surface area contributed by atoms with Gasteiger partial charge >= 0.3 is 5.97 Å². The molecular formula is C29H32ClNO4S. The lowest BCUT2D eigenvalue weighted by atomic mass is 9.69. The molecule has 0 fully saturated rings. The predicted molar refractivity (Wildman–Crippen MR) is 144 cm³/mol. The van der Waals surface area contributed by atoms with Crippen LogP contribution in [0.1, 0.15) is 61.8 Å². The van der Waals surface area contributed by atoms with Gasteiger partial charge in [0.05, 0.1) is 12.5 Å². The van der Waals surface area contributed by atoms with E-state index in [1.54, 1.807) is 18.7 Å². The average molecular weight is 526 g/mol. The number of esters is 1. The van der Waals surface area contributed by atoms with E-state index < -0.39 is 11.9 Å². The molecule has 4 rings (SSSR count). The lowest BCUT2D eigenvalue weighted by Gasteiger charge is -2.38. The minimum absolute atomic E-state index is 0.0137. The highest BCUT2D eigenvalue weighted by Gasteiger charge is 2.45. The molecule has 0 saturated carbocycles. The summed E-state index contributed by atoms with van der Waals surface area (Å²) < 4.78 is 11.3. The number of nitrogens with two attached hydrogens (primary N) is 1. The van der Waals surface area contributed by atoms with E-state index in [0.717, 1.165) is 32.9 Å². The fourth-order valence-corrected chi connectivity index (χ4v) is 6.07. The Hall–Kier alpha value is -2.70. The number of carbonyl (C=O) groups is 2. The first-order valence-corrected chi connectivity index (χ1v) is 13.5. The molecule has 7 heteroatoms. The normalized spacial score (nSPS) is 19.2. The molecule has 2 N–H and O–H groups in total. The smallest absolute Gasteiger partial charge is 0.340 e. The number of aryl methyl sites for hydroxylation is 2. The zero-order chi connectivity index (χ0) is 26.2. The van der Waals surface area contributed by atoms with Crippen molar-refractivity contribution < 1.29 is 19.1 Å². The number of rotatable bonds is 6. The maximum absolute atomic E-state index is 13.5. The lowest BCUT2D eigenvalue weighted by molar-refractivity contribution is -0.139. The van der Waals surface area contributed by atoms with Gasteiger partial charge in [0, 0.05) is 34.1 Å². The Bertz CT molecular complexity index is 1280. The van der Waals surface area contributed by atoms with Gasteiger partial charge in [-0.3, -0.25) is 4.79 Å². The lowest BCUT2D eigenvalue weighted by Crippen LogP contribution is -2.36. The number of halogens is 1. The van der Waals surface area contributed by atoms with Crippen LogP contribution in [0.25, 0.3) is 0 Å². The Morgan fingerprint density at radius 2 is 1.86 bits per heavy atom. The van der Waals surface area contributed by atoms with Crippen LogP contribution in [0, 0.1) is 19.3 Å². The quantitative estimate of drug-likeness (QED) is 0.332. The van der Waals surface area contributed by atoms with E-state index in [-0.39, 0.29) is 29.3 Å². The van der Waals surface area contributed by atoms with E-state index >= 15 is 0 Å². The molecule has 5 nitrogen and oxygen atoms in total. The summed E-state index contributed by atoms with van der Waals surface area (Å²) in [5.74, 6) is 0.101. The van der Waals surface area contributed by atoms with Crippen LogP contribution in [0.3, 0.4) is 0 Å². The Morgan fingerprint density at radius 3 is 2.53 bits per heavy atom. The van der Waals surface area contributed by atoms with Crippen LogP contribution in [0.2, 0.25) is 5.02 Å². The Balaban J connectivity index is 1.81. The zero-order valence-corrected chi connectivity index (χ0v) is 22.9. The number of Topliss-reactive ketones (excluding diaryl/α,β-unsaturated/α-hetero) is 1. The molecule has 1 atom stereocenters. The van der Waals surface area contributed by atoms with E-state index in [1.165, 1.54) is 0 Å².